The zero-order valence-electron chi connectivity index (χ0n) is 11.5. The number of hydrogen-bond acceptors (Lipinski definition) is 3. The summed E-state index contributed by atoms with van der Waals surface area (Å²) in [4.78, 5) is 5.74. The summed E-state index contributed by atoms with van der Waals surface area (Å²) in [6, 6.07) is 3.34. The van der Waals surface area contributed by atoms with Gasteiger partial charge in [0.25, 0.3) is 6.43 Å². The van der Waals surface area contributed by atoms with Crippen LogP contribution in [0.1, 0.15) is 19.5 Å². The number of pyridine rings is 1. The maximum Gasteiger partial charge on any atom is 0.255 e. The monoisotopic (exact) mass is 291 g/mol. The molecule has 6 heteroatoms. The van der Waals surface area contributed by atoms with E-state index in [4.69, 9.17) is 11.6 Å². The number of aromatic nitrogens is 1. The molecule has 0 aliphatic carbocycles. The van der Waals surface area contributed by atoms with Crippen molar-refractivity contribution in [3.8, 4) is 0 Å². The van der Waals surface area contributed by atoms with E-state index in [1.807, 2.05) is 0 Å². The Balaban J connectivity index is 2.70. The molecule has 0 aliphatic heterocycles. The lowest BCUT2D eigenvalue weighted by Gasteiger charge is -2.19. The van der Waals surface area contributed by atoms with Crippen LogP contribution in [0.25, 0.3) is 0 Å². The molecule has 19 heavy (non-hydrogen) atoms. The predicted octanol–water partition coefficient (Wildman–Crippen LogP) is 3.18. The molecule has 3 nitrogen and oxygen atoms in total. The Morgan fingerprint density at radius 1 is 1.37 bits per heavy atom. The fourth-order valence-electron chi connectivity index (χ4n) is 1.59. The molecule has 1 heterocycles. The molecule has 1 aromatic heterocycles. The van der Waals surface area contributed by atoms with Crippen LogP contribution in [-0.2, 0) is 6.54 Å². The molecule has 0 radical (unpaired) electrons. The molecule has 1 rings (SSSR count). The largest absolute Gasteiger partial charge is 0.354 e. The lowest BCUT2D eigenvalue weighted by Crippen LogP contribution is -2.26. The number of hydrogen-bond donors (Lipinski definition) is 1. The fourth-order valence-corrected chi connectivity index (χ4v) is 1.76. The van der Waals surface area contributed by atoms with E-state index in [1.54, 1.807) is 19.2 Å². The smallest absolute Gasteiger partial charge is 0.255 e. The van der Waals surface area contributed by atoms with Crippen molar-refractivity contribution in [1.82, 2.24) is 10.3 Å². The Hall–Kier alpha value is -0.940. The molecule has 0 saturated carbocycles. The number of halogens is 3. The van der Waals surface area contributed by atoms with Gasteiger partial charge in [-0.05, 0) is 24.6 Å². The maximum atomic E-state index is 12.3. The van der Waals surface area contributed by atoms with E-state index in [2.05, 4.69) is 24.1 Å². The van der Waals surface area contributed by atoms with Crippen LogP contribution < -0.4 is 10.2 Å². The topological polar surface area (TPSA) is 28.2 Å². The third kappa shape index (κ3) is 5.70. The van der Waals surface area contributed by atoms with Gasteiger partial charge in [-0.3, -0.25) is 0 Å². The Morgan fingerprint density at radius 3 is 2.63 bits per heavy atom. The first-order valence-electron chi connectivity index (χ1n) is 6.25. The van der Waals surface area contributed by atoms with E-state index in [0.29, 0.717) is 29.0 Å². The van der Waals surface area contributed by atoms with Gasteiger partial charge in [0, 0.05) is 13.6 Å². The van der Waals surface area contributed by atoms with Crippen molar-refractivity contribution in [1.29, 1.82) is 0 Å². The second-order valence-electron chi connectivity index (χ2n) is 4.89. The van der Waals surface area contributed by atoms with E-state index >= 15 is 0 Å². The van der Waals surface area contributed by atoms with Crippen LogP contribution >= 0.6 is 11.6 Å². The van der Waals surface area contributed by atoms with Gasteiger partial charge in [0.2, 0.25) is 0 Å². The molecule has 0 saturated heterocycles. The molecule has 0 unspecified atom stereocenters. The highest BCUT2D eigenvalue weighted by atomic mass is 35.5. The van der Waals surface area contributed by atoms with Gasteiger partial charge in [0.1, 0.15) is 5.82 Å². The summed E-state index contributed by atoms with van der Waals surface area (Å²) in [5.41, 5.74) is 0.681. The second-order valence-corrected chi connectivity index (χ2v) is 5.30. The average molecular weight is 292 g/mol. The Bertz CT molecular complexity index is 399. The average Bonchev–Trinajstić information content (AvgIpc) is 2.30. The first-order valence-corrected chi connectivity index (χ1v) is 6.63. The number of rotatable bonds is 7. The number of nitrogens with one attached hydrogen (secondary N) is 1. The van der Waals surface area contributed by atoms with Gasteiger partial charge in [-0.2, -0.15) is 0 Å². The van der Waals surface area contributed by atoms with Crippen LogP contribution in [0.4, 0.5) is 14.6 Å². The lowest BCUT2D eigenvalue weighted by atomic mass is 10.2. The van der Waals surface area contributed by atoms with Gasteiger partial charge < -0.3 is 10.2 Å². The van der Waals surface area contributed by atoms with Crippen LogP contribution in [0.3, 0.4) is 0 Å². The molecular formula is C13H20ClF2N3. The quantitative estimate of drug-likeness (QED) is 0.836. The normalized spacial score (nSPS) is 11.4. The van der Waals surface area contributed by atoms with Crippen molar-refractivity contribution in [3.05, 3.63) is 22.8 Å². The van der Waals surface area contributed by atoms with Gasteiger partial charge in [-0.15, -0.1) is 0 Å². The molecule has 1 aromatic rings. The highest BCUT2D eigenvalue weighted by Gasteiger charge is 2.11. The van der Waals surface area contributed by atoms with Gasteiger partial charge in [-0.1, -0.05) is 25.4 Å². The molecule has 0 bridgehead atoms. The summed E-state index contributed by atoms with van der Waals surface area (Å²) in [6.07, 6.45) is -2.38. The van der Waals surface area contributed by atoms with Crippen molar-refractivity contribution in [2.45, 2.75) is 26.8 Å². The van der Waals surface area contributed by atoms with Crippen molar-refractivity contribution >= 4 is 17.4 Å². The number of nitrogens with zero attached hydrogens (tertiary/aromatic N) is 2. The summed E-state index contributed by atoms with van der Waals surface area (Å²) >= 11 is 6.05. The lowest BCUT2D eigenvalue weighted by molar-refractivity contribution is 0.156. The van der Waals surface area contributed by atoms with E-state index in [1.165, 1.54) is 4.90 Å². The zero-order chi connectivity index (χ0) is 14.4. The number of alkyl halides is 2. The van der Waals surface area contributed by atoms with Crippen LogP contribution in [0, 0.1) is 5.92 Å². The summed E-state index contributed by atoms with van der Waals surface area (Å²) < 4.78 is 24.7. The minimum atomic E-state index is -2.38. The van der Waals surface area contributed by atoms with E-state index < -0.39 is 6.43 Å². The Kier molecular flexibility index (Phi) is 6.45. The molecule has 0 aliphatic rings. The van der Waals surface area contributed by atoms with Crippen LogP contribution in [-0.4, -0.2) is 31.5 Å². The molecule has 108 valence electrons. The minimum absolute atomic E-state index is 0.340. The molecule has 0 aromatic carbocycles. The predicted molar refractivity (Wildman–Crippen MR) is 75.1 cm³/mol. The highest BCUT2D eigenvalue weighted by molar-refractivity contribution is 6.31. The second kappa shape index (κ2) is 7.60. The molecule has 0 fully saturated rings. The maximum absolute atomic E-state index is 12.3. The molecule has 1 N–H and O–H groups in total. The summed E-state index contributed by atoms with van der Waals surface area (Å²) in [5.74, 6) is 1.04. The zero-order valence-corrected chi connectivity index (χ0v) is 12.2. The molecular weight excluding hydrogens is 272 g/mol. The van der Waals surface area contributed by atoms with Gasteiger partial charge in [-0.25, -0.2) is 13.8 Å². The molecule has 0 atom stereocenters. The summed E-state index contributed by atoms with van der Waals surface area (Å²) in [6.45, 7) is 5.26. The highest BCUT2D eigenvalue weighted by Crippen LogP contribution is 2.19. The van der Waals surface area contributed by atoms with Crippen LogP contribution in [0.2, 0.25) is 5.02 Å². The van der Waals surface area contributed by atoms with Crippen molar-refractivity contribution in [2.75, 3.05) is 25.0 Å². The molecule has 0 spiro atoms. The van der Waals surface area contributed by atoms with Crippen LogP contribution in [0.5, 0.6) is 0 Å². The Labute approximate surface area is 118 Å². The SMILES string of the molecule is CC(C)CNCc1nc(N(C)CC(F)F)ccc1Cl. The van der Waals surface area contributed by atoms with Crippen molar-refractivity contribution in [2.24, 2.45) is 5.92 Å². The first kappa shape index (κ1) is 16.1. The summed E-state index contributed by atoms with van der Waals surface area (Å²) in [5, 5.41) is 3.78. The first-order chi connectivity index (χ1) is 8.90. The fraction of sp³-hybridized carbons (Fsp3) is 0.615. The molecule has 0 amide bonds. The van der Waals surface area contributed by atoms with E-state index in [9.17, 15) is 8.78 Å². The van der Waals surface area contributed by atoms with Crippen molar-refractivity contribution in [3.63, 3.8) is 0 Å². The Morgan fingerprint density at radius 2 is 2.05 bits per heavy atom. The van der Waals surface area contributed by atoms with Crippen molar-refractivity contribution < 1.29 is 8.78 Å². The van der Waals surface area contributed by atoms with Gasteiger partial charge in [0.15, 0.2) is 0 Å². The van der Waals surface area contributed by atoms with Crippen LogP contribution in [0.15, 0.2) is 12.1 Å². The van der Waals surface area contributed by atoms with Gasteiger partial charge in [0.05, 0.1) is 17.3 Å². The summed E-state index contributed by atoms with van der Waals surface area (Å²) in [7, 11) is 1.59. The number of anilines is 1. The van der Waals surface area contributed by atoms with Gasteiger partial charge >= 0.3 is 0 Å². The third-order valence-electron chi connectivity index (χ3n) is 2.55. The standard InChI is InChI=1S/C13H20ClF2N3/c1-9(2)6-17-7-11-10(14)4-5-13(18-11)19(3)8-12(15)16/h4-5,9,12,17H,6-8H2,1-3H3. The third-order valence-corrected chi connectivity index (χ3v) is 2.90. The minimum Gasteiger partial charge on any atom is -0.354 e. The van der Waals surface area contributed by atoms with E-state index in [0.717, 1.165) is 6.54 Å². The van der Waals surface area contributed by atoms with E-state index in [-0.39, 0.29) is 6.54 Å².